The fourth-order valence-electron chi connectivity index (χ4n) is 2.71. The Balaban J connectivity index is 1.88. The zero-order valence-electron chi connectivity index (χ0n) is 11.9. The predicted octanol–water partition coefficient (Wildman–Crippen LogP) is 1.14. The van der Waals surface area contributed by atoms with Gasteiger partial charge in [-0.1, -0.05) is 6.07 Å². The molecule has 2 heterocycles. The second-order valence-electron chi connectivity index (χ2n) is 5.89. The zero-order valence-corrected chi connectivity index (χ0v) is 12.7. The van der Waals surface area contributed by atoms with Crippen molar-refractivity contribution in [3.63, 3.8) is 0 Å². The lowest BCUT2D eigenvalue weighted by Crippen LogP contribution is -2.52. The average Bonchev–Trinajstić information content (AvgIpc) is 2.84. The van der Waals surface area contributed by atoms with Crippen molar-refractivity contribution in [3.05, 3.63) is 22.4 Å². The fourth-order valence-corrected chi connectivity index (χ4v) is 3.58. The van der Waals surface area contributed by atoms with E-state index in [1.54, 1.807) is 11.3 Å². The quantitative estimate of drug-likeness (QED) is 0.851. The summed E-state index contributed by atoms with van der Waals surface area (Å²) in [5.74, 6) is 0. The summed E-state index contributed by atoms with van der Waals surface area (Å²) in [5.41, 5.74) is 5.33. The van der Waals surface area contributed by atoms with Crippen molar-refractivity contribution in [1.82, 2.24) is 9.80 Å². The number of hydrogen-bond donors (Lipinski definition) is 2. The van der Waals surface area contributed by atoms with E-state index in [9.17, 15) is 5.11 Å². The van der Waals surface area contributed by atoms with Crippen molar-refractivity contribution in [2.24, 2.45) is 5.73 Å². The molecule has 2 rings (SSSR count). The van der Waals surface area contributed by atoms with Gasteiger partial charge in [0.25, 0.3) is 0 Å². The maximum Gasteiger partial charge on any atom is 0.0718 e. The van der Waals surface area contributed by atoms with Crippen LogP contribution < -0.4 is 5.73 Å². The number of rotatable bonds is 5. The molecule has 1 unspecified atom stereocenters. The van der Waals surface area contributed by atoms with Crippen molar-refractivity contribution in [2.45, 2.75) is 25.5 Å². The van der Waals surface area contributed by atoms with E-state index in [2.05, 4.69) is 27.3 Å². The standard InChI is InChI=1S/C14H25N3OS/c1-14(2,18)11-16-5-7-17(8-6-16)12(10-15)13-4-3-9-19-13/h3-4,9,12,18H,5-8,10-11,15H2,1-2H3. The molecule has 1 aromatic rings. The van der Waals surface area contributed by atoms with Crippen molar-refractivity contribution in [1.29, 1.82) is 0 Å². The Bertz CT molecular complexity index is 367. The van der Waals surface area contributed by atoms with Crippen LogP contribution in [0, 0.1) is 0 Å². The summed E-state index contributed by atoms with van der Waals surface area (Å²) >= 11 is 1.78. The fraction of sp³-hybridized carbons (Fsp3) is 0.714. The lowest BCUT2D eigenvalue weighted by Gasteiger charge is -2.40. The number of β-amino-alcohol motifs (C(OH)–C–C–N with tert-alkyl or cyclic N) is 1. The molecule has 19 heavy (non-hydrogen) atoms. The van der Waals surface area contributed by atoms with Gasteiger partial charge in [-0.15, -0.1) is 11.3 Å². The highest BCUT2D eigenvalue weighted by molar-refractivity contribution is 7.10. The summed E-state index contributed by atoms with van der Waals surface area (Å²) in [5, 5.41) is 12.0. The first-order valence-electron chi connectivity index (χ1n) is 6.92. The van der Waals surface area contributed by atoms with Crippen LogP contribution in [-0.2, 0) is 0 Å². The highest BCUT2D eigenvalue weighted by Crippen LogP contribution is 2.25. The third-order valence-corrected chi connectivity index (χ3v) is 4.53. The van der Waals surface area contributed by atoms with Gasteiger partial charge in [0.05, 0.1) is 11.6 Å². The van der Waals surface area contributed by atoms with Crippen molar-refractivity contribution >= 4 is 11.3 Å². The molecular formula is C14H25N3OS. The summed E-state index contributed by atoms with van der Waals surface area (Å²) < 4.78 is 0. The van der Waals surface area contributed by atoms with Gasteiger partial charge in [0.1, 0.15) is 0 Å². The van der Waals surface area contributed by atoms with Gasteiger partial charge in [-0.2, -0.15) is 0 Å². The van der Waals surface area contributed by atoms with Crippen LogP contribution in [0.3, 0.4) is 0 Å². The summed E-state index contributed by atoms with van der Waals surface area (Å²) in [6, 6.07) is 4.61. The molecule has 0 aromatic carbocycles. The van der Waals surface area contributed by atoms with Crippen LogP contribution in [0.5, 0.6) is 0 Å². The molecule has 108 valence electrons. The molecular weight excluding hydrogens is 258 g/mol. The van der Waals surface area contributed by atoms with E-state index >= 15 is 0 Å². The molecule has 1 saturated heterocycles. The molecule has 0 bridgehead atoms. The summed E-state index contributed by atoms with van der Waals surface area (Å²) in [7, 11) is 0. The van der Waals surface area contributed by atoms with Crippen molar-refractivity contribution < 1.29 is 5.11 Å². The van der Waals surface area contributed by atoms with Gasteiger partial charge < -0.3 is 10.8 Å². The maximum atomic E-state index is 9.87. The molecule has 0 radical (unpaired) electrons. The Labute approximate surface area is 119 Å². The maximum absolute atomic E-state index is 9.87. The molecule has 0 aliphatic carbocycles. The predicted molar refractivity (Wildman–Crippen MR) is 80.4 cm³/mol. The lowest BCUT2D eigenvalue weighted by molar-refractivity contribution is 0.0115. The van der Waals surface area contributed by atoms with Gasteiger partial charge in [-0.3, -0.25) is 9.80 Å². The molecule has 4 nitrogen and oxygen atoms in total. The summed E-state index contributed by atoms with van der Waals surface area (Å²) in [4.78, 5) is 6.16. The first kappa shape index (κ1) is 14.9. The molecule has 1 aliphatic rings. The van der Waals surface area contributed by atoms with Crippen molar-refractivity contribution in [2.75, 3.05) is 39.3 Å². The third kappa shape index (κ3) is 4.26. The minimum absolute atomic E-state index is 0.351. The largest absolute Gasteiger partial charge is 0.389 e. The Morgan fingerprint density at radius 2 is 2.05 bits per heavy atom. The smallest absolute Gasteiger partial charge is 0.0718 e. The number of nitrogens with two attached hydrogens (primary N) is 1. The van der Waals surface area contributed by atoms with E-state index in [-0.39, 0.29) is 0 Å². The van der Waals surface area contributed by atoms with E-state index in [0.29, 0.717) is 12.6 Å². The van der Waals surface area contributed by atoms with Gasteiger partial charge in [0.2, 0.25) is 0 Å². The number of piperazine rings is 1. The van der Waals surface area contributed by atoms with Crippen LogP contribution in [0.15, 0.2) is 17.5 Å². The summed E-state index contributed by atoms with van der Waals surface area (Å²) in [6.45, 7) is 9.21. The normalized spacial score (nSPS) is 20.6. The van der Waals surface area contributed by atoms with Crippen LogP contribution >= 0.6 is 11.3 Å². The molecule has 5 heteroatoms. The highest BCUT2D eigenvalue weighted by atomic mass is 32.1. The van der Waals surface area contributed by atoms with Gasteiger partial charge in [-0.05, 0) is 25.3 Å². The minimum atomic E-state index is -0.608. The van der Waals surface area contributed by atoms with Crippen LogP contribution in [0.25, 0.3) is 0 Å². The first-order valence-corrected chi connectivity index (χ1v) is 7.80. The molecule has 1 aromatic heterocycles. The highest BCUT2D eigenvalue weighted by Gasteiger charge is 2.27. The van der Waals surface area contributed by atoms with Gasteiger partial charge in [0, 0.05) is 44.1 Å². The summed E-state index contributed by atoms with van der Waals surface area (Å²) in [6.07, 6.45) is 0. The van der Waals surface area contributed by atoms with E-state index in [4.69, 9.17) is 5.73 Å². The SMILES string of the molecule is CC(C)(O)CN1CCN(C(CN)c2cccs2)CC1. The van der Waals surface area contributed by atoms with E-state index in [1.165, 1.54) is 4.88 Å². The second-order valence-corrected chi connectivity index (χ2v) is 6.87. The van der Waals surface area contributed by atoms with E-state index in [0.717, 1.165) is 32.7 Å². The zero-order chi connectivity index (χ0) is 13.9. The van der Waals surface area contributed by atoms with E-state index < -0.39 is 5.60 Å². The van der Waals surface area contributed by atoms with Gasteiger partial charge in [0.15, 0.2) is 0 Å². The van der Waals surface area contributed by atoms with Gasteiger partial charge in [-0.25, -0.2) is 0 Å². The topological polar surface area (TPSA) is 52.7 Å². The molecule has 0 spiro atoms. The monoisotopic (exact) mass is 283 g/mol. The van der Waals surface area contributed by atoms with Crippen LogP contribution in [-0.4, -0.2) is 59.8 Å². The Hall–Kier alpha value is -0.460. The Kier molecular flexibility index (Phi) is 4.97. The van der Waals surface area contributed by atoms with Crippen molar-refractivity contribution in [3.8, 4) is 0 Å². The van der Waals surface area contributed by atoms with Gasteiger partial charge >= 0.3 is 0 Å². The molecule has 0 saturated carbocycles. The van der Waals surface area contributed by atoms with Crippen LogP contribution in [0.1, 0.15) is 24.8 Å². The Morgan fingerprint density at radius 1 is 1.37 bits per heavy atom. The number of nitrogens with zero attached hydrogens (tertiary/aromatic N) is 2. The minimum Gasteiger partial charge on any atom is -0.389 e. The van der Waals surface area contributed by atoms with Crippen LogP contribution in [0.4, 0.5) is 0 Å². The second kappa shape index (κ2) is 6.33. The number of hydrogen-bond acceptors (Lipinski definition) is 5. The molecule has 1 aliphatic heterocycles. The first-order chi connectivity index (χ1) is 8.99. The molecule has 1 fully saturated rings. The average molecular weight is 283 g/mol. The third-order valence-electron chi connectivity index (χ3n) is 3.55. The van der Waals surface area contributed by atoms with Crippen LogP contribution in [0.2, 0.25) is 0 Å². The van der Waals surface area contributed by atoms with E-state index in [1.807, 2.05) is 13.8 Å². The number of aliphatic hydroxyl groups is 1. The molecule has 1 atom stereocenters. The molecule has 3 N–H and O–H groups in total. The lowest BCUT2D eigenvalue weighted by atomic mass is 10.1. The number of thiophene rings is 1. The Morgan fingerprint density at radius 3 is 2.53 bits per heavy atom. The molecule has 0 amide bonds.